The highest BCUT2D eigenvalue weighted by atomic mass is 16.1. The van der Waals surface area contributed by atoms with Crippen LogP contribution in [0.25, 0.3) is 11.0 Å². The Labute approximate surface area is 171 Å². The van der Waals surface area contributed by atoms with Crippen molar-refractivity contribution in [2.24, 2.45) is 5.41 Å². The lowest BCUT2D eigenvalue weighted by molar-refractivity contribution is -0.0223. The first-order chi connectivity index (χ1) is 14.1. The summed E-state index contributed by atoms with van der Waals surface area (Å²) >= 11 is 0. The average molecular weight is 391 g/mol. The van der Waals surface area contributed by atoms with Gasteiger partial charge in [-0.25, -0.2) is 4.79 Å². The van der Waals surface area contributed by atoms with Crippen LogP contribution in [0.3, 0.4) is 0 Å². The topological polar surface area (TPSA) is 44.3 Å². The molecule has 5 heteroatoms. The van der Waals surface area contributed by atoms with E-state index in [-0.39, 0.29) is 5.69 Å². The van der Waals surface area contributed by atoms with Crippen LogP contribution in [0.5, 0.6) is 0 Å². The molecule has 0 atom stereocenters. The van der Waals surface area contributed by atoms with Gasteiger partial charge in [0, 0.05) is 43.8 Å². The van der Waals surface area contributed by atoms with E-state index in [4.69, 9.17) is 0 Å². The van der Waals surface area contributed by atoms with Gasteiger partial charge in [0.25, 0.3) is 0 Å². The number of unbranched alkanes of at least 4 members (excludes halogenated alkanes) is 2. The van der Waals surface area contributed by atoms with Crippen molar-refractivity contribution in [2.45, 2.75) is 32.7 Å². The summed E-state index contributed by atoms with van der Waals surface area (Å²) < 4.78 is 1.88. The number of para-hydroxylation sites is 2. The summed E-state index contributed by atoms with van der Waals surface area (Å²) in [5, 5.41) is 0. The van der Waals surface area contributed by atoms with Gasteiger partial charge in [-0.3, -0.25) is 4.57 Å². The molecule has 152 valence electrons. The third kappa shape index (κ3) is 3.60. The molecule has 1 spiro atoms. The van der Waals surface area contributed by atoms with Crippen LogP contribution in [-0.2, 0) is 6.54 Å². The molecule has 2 aromatic carbocycles. The number of H-pyrrole nitrogens is 1. The fraction of sp³-hybridized carbons (Fsp3) is 0.458. The maximum absolute atomic E-state index is 12.1. The van der Waals surface area contributed by atoms with E-state index in [1.165, 1.54) is 56.8 Å². The summed E-state index contributed by atoms with van der Waals surface area (Å²) in [5.74, 6) is 0. The van der Waals surface area contributed by atoms with E-state index in [9.17, 15) is 4.79 Å². The van der Waals surface area contributed by atoms with E-state index < -0.39 is 0 Å². The second-order valence-corrected chi connectivity index (χ2v) is 9.06. The van der Waals surface area contributed by atoms with E-state index in [0.29, 0.717) is 5.41 Å². The zero-order valence-corrected chi connectivity index (χ0v) is 17.2. The molecule has 2 aliphatic heterocycles. The third-order valence-corrected chi connectivity index (χ3v) is 6.61. The van der Waals surface area contributed by atoms with Crippen LogP contribution < -0.4 is 10.6 Å². The van der Waals surface area contributed by atoms with Crippen molar-refractivity contribution in [3.8, 4) is 0 Å². The lowest BCUT2D eigenvalue weighted by Gasteiger charge is -2.61. The highest BCUT2D eigenvalue weighted by Crippen LogP contribution is 2.41. The zero-order valence-electron chi connectivity index (χ0n) is 17.2. The fourth-order valence-electron chi connectivity index (χ4n) is 5.07. The van der Waals surface area contributed by atoms with E-state index in [0.717, 1.165) is 24.0 Å². The van der Waals surface area contributed by atoms with Crippen LogP contribution in [0, 0.1) is 12.3 Å². The molecule has 0 amide bonds. The van der Waals surface area contributed by atoms with Gasteiger partial charge in [0.15, 0.2) is 0 Å². The number of rotatable bonds is 7. The number of aryl methyl sites for hydroxylation is 2. The highest BCUT2D eigenvalue weighted by Gasteiger charge is 2.51. The number of anilines is 1. The number of nitrogens with one attached hydrogen (secondary N) is 1. The summed E-state index contributed by atoms with van der Waals surface area (Å²) in [4.78, 5) is 20.2. The van der Waals surface area contributed by atoms with Crippen molar-refractivity contribution in [1.82, 2.24) is 14.5 Å². The first kappa shape index (κ1) is 18.5. The summed E-state index contributed by atoms with van der Waals surface area (Å²) in [6, 6.07) is 16.8. The number of nitrogens with zero attached hydrogens (tertiary/aromatic N) is 3. The summed E-state index contributed by atoms with van der Waals surface area (Å²) in [6.45, 7) is 9.04. The van der Waals surface area contributed by atoms with Gasteiger partial charge in [-0.2, -0.15) is 0 Å². The number of fused-ring (bicyclic) bond motifs is 1. The lowest BCUT2D eigenvalue weighted by Crippen LogP contribution is -2.72. The Morgan fingerprint density at radius 1 is 0.897 bits per heavy atom. The van der Waals surface area contributed by atoms with Crippen molar-refractivity contribution in [1.29, 1.82) is 0 Å². The molecule has 2 aliphatic rings. The number of likely N-dealkylation sites (tertiary alicyclic amines) is 1. The van der Waals surface area contributed by atoms with Gasteiger partial charge in [-0.1, -0.05) is 36.2 Å². The first-order valence-corrected chi connectivity index (χ1v) is 10.8. The van der Waals surface area contributed by atoms with Crippen LogP contribution in [0.15, 0.2) is 53.3 Å². The molecule has 29 heavy (non-hydrogen) atoms. The number of imidazole rings is 1. The van der Waals surface area contributed by atoms with Crippen molar-refractivity contribution >= 4 is 16.7 Å². The molecule has 0 aliphatic carbocycles. The third-order valence-electron chi connectivity index (χ3n) is 6.61. The van der Waals surface area contributed by atoms with Gasteiger partial charge in [0.1, 0.15) is 0 Å². The Balaban J connectivity index is 1.01. The average Bonchev–Trinajstić information content (AvgIpc) is 2.98. The molecule has 0 bridgehead atoms. The number of aromatic amines is 1. The smallest absolute Gasteiger partial charge is 0.326 e. The van der Waals surface area contributed by atoms with Gasteiger partial charge < -0.3 is 14.8 Å². The van der Waals surface area contributed by atoms with E-state index >= 15 is 0 Å². The van der Waals surface area contributed by atoms with Crippen molar-refractivity contribution in [2.75, 3.05) is 37.6 Å². The minimum Gasteiger partial charge on any atom is -0.370 e. The molecule has 2 saturated heterocycles. The molecule has 5 rings (SSSR count). The monoisotopic (exact) mass is 390 g/mol. The molecule has 3 aromatic rings. The maximum atomic E-state index is 12.1. The van der Waals surface area contributed by atoms with Crippen molar-refractivity contribution in [3.63, 3.8) is 0 Å². The standard InChI is InChI=1S/C24H30N4O/c1-19-9-11-20(12-10-19)27-17-24(18-27)15-26(16-24)13-5-2-6-14-28-22-8-4-3-7-21(22)25-23(28)29/h3-4,7-12H,2,5-6,13-18H2,1H3,(H,25,29). The molecule has 2 fully saturated rings. The lowest BCUT2D eigenvalue weighted by atomic mass is 9.72. The van der Waals surface area contributed by atoms with E-state index in [2.05, 4.69) is 46.0 Å². The molecular weight excluding hydrogens is 360 g/mol. The van der Waals surface area contributed by atoms with Crippen molar-refractivity contribution in [3.05, 3.63) is 64.6 Å². The molecule has 0 unspecified atom stereocenters. The number of benzene rings is 2. The Morgan fingerprint density at radius 2 is 1.62 bits per heavy atom. The van der Waals surface area contributed by atoms with Crippen LogP contribution in [0.4, 0.5) is 5.69 Å². The molecule has 3 heterocycles. The second kappa shape index (κ2) is 7.38. The predicted molar refractivity (Wildman–Crippen MR) is 119 cm³/mol. The van der Waals surface area contributed by atoms with E-state index in [1.54, 1.807) is 0 Å². The normalized spacial score (nSPS) is 18.2. The largest absolute Gasteiger partial charge is 0.370 e. The van der Waals surface area contributed by atoms with Gasteiger partial charge in [-0.15, -0.1) is 0 Å². The SMILES string of the molecule is Cc1ccc(N2CC3(CN(CCCCCn4c(=O)[nH]c5ccccc54)C3)C2)cc1. The molecular formula is C24H30N4O. The van der Waals surface area contributed by atoms with Gasteiger partial charge in [0.2, 0.25) is 0 Å². The second-order valence-electron chi connectivity index (χ2n) is 9.06. The molecule has 0 radical (unpaired) electrons. The van der Waals surface area contributed by atoms with Crippen molar-refractivity contribution < 1.29 is 0 Å². The van der Waals surface area contributed by atoms with Crippen LogP contribution >= 0.6 is 0 Å². The number of hydrogen-bond donors (Lipinski definition) is 1. The highest BCUT2D eigenvalue weighted by molar-refractivity contribution is 5.74. The Bertz CT molecular complexity index is 1030. The Kier molecular flexibility index (Phi) is 4.70. The maximum Gasteiger partial charge on any atom is 0.326 e. The molecule has 5 nitrogen and oxygen atoms in total. The number of hydrogen-bond acceptors (Lipinski definition) is 3. The fourth-order valence-corrected chi connectivity index (χ4v) is 5.07. The minimum atomic E-state index is 0.0130. The zero-order chi connectivity index (χ0) is 19.8. The summed E-state index contributed by atoms with van der Waals surface area (Å²) in [6.07, 6.45) is 3.45. The molecule has 0 saturated carbocycles. The van der Waals surface area contributed by atoms with Crippen LogP contribution in [-0.4, -0.2) is 47.2 Å². The van der Waals surface area contributed by atoms with Crippen LogP contribution in [0.1, 0.15) is 24.8 Å². The Morgan fingerprint density at radius 3 is 2.41 bits per heavy atom. The Hall–Kier alpha value is -2.53. The summed E-state index contributed by atoms with van der Waals surface area (Å²) in [5.41, 5.74) is 5.20. The van der Waals surface area contributed by atoms with Gasteiger partial charge in [-0.05, 0) is 50.6 Å². The molecule has 1 aromatic heterocycles. The van der Waals surface area contributed by atoms with E-state index in [1.807, 2.05) is 28.8 Å². The molecule has 1 N–H and O–H groups in total. The summed E-state index contributed by atoms with van der Waals surface area (Å²) in [7, 11) is 0. The minimum absolute atomic E-state index is 0.0130. The van der Waals surface area contributed by atoms with Gasteiger partial charge in [0.05, 0.1) is 11.0 Å². The predicted octanol–water partition coefficient (Wildman–Crippen LogP) is 3.63. The number of aromatic nitrogens is 2. The van der Waals surface area contributed by atoms with Gasteiger partial charge >= 0.3 is 5.69 Å². The van der Waals surface area contributed by atoms with Crippen LogP contribution in [0.2, 0.25) is 0 Å². The quantitative estimate of drug-likeness (QED) is 0.627. The first-order valence-electron chi connectivity index (χ1n) is 10.8.